The van der Waals surface area contributed by atoms with Gasteiger partial charge in [0.05, 0.1) is 13.1 Å². The Morgan fingerprint density at radius 3 is 3.25 bits per heavy atom. The fourth-order valence-electron chi connectivity index (χ4n) is 0.923. The summed E-state index contributed by atoms with van der Waals surface area (Å²) in [7, 11) is 0. The molecule has 0 aromatic carbocycles. The maximum absolute atomic E-state index is 10.6. The van der Waals surface area contributed by atoms with Gasteiger partial charge in [0, 0.05) is 0 Å². The van der Waals surface area contributed by atoms with Crippen LogP contribution in [0, 0.1) is 0 Å². The lowest BCUT2D eigenvalue weighted by Crippen LogP contribution is -2.47. The van der Waals surface area contributed by atoms with E-state index in [0.29, 0.717) is 5.37 Å². The van der Waals surface area contributed by atoms with Gasteiger partial charge >= 0.3 is 0 Å². The fraction of sp³-hybridized carbons (Fsp3) is 0.750. The van der Waals surface area contributed by atoms with Crippen molar-refractivity contribution >= 4 is 17.9 Å². The first-order valence-electron chi connectivity index (χ1n) is 2.56. The molecule has 0 saturated carbocycles. The molecule has 0 unspecified atom stereocenters. The number of nitrogens with zero attached hydrogens (tertiary/aromatic N) is 1. The average molecular weight is 130 g/mol. The van der Waals surface area contributed by atoms with Crippen molar-refractivity contribution in [3.05, 3.63) is 0 Å². The van der Waals surface area contributed by atoms with Crippen molar-refractivity contribution in [3.8, 4) is 0 Å². The van der Waals surface area contributed by atoms with Crippen LogP contribution in [0.15, 0.2) is 0 Å². The second-order valence-corrected chi connectivity index (χ2v) is 3.01. The van der Waals surface area contributed by atoms with Crippen LogP contribution < -0.4 is 4.72 Å². The molecule has 8 heavy (non-hydrogen) atoms. The summed E-state index contributed by atoms with van der Waals surface area (Å²) < 4.78 is 3.04. The van der Waals surface area contributed by atoms with Gasteiger partial charge in [-0.15, -0.1) is 0 Å². The van der Waals surface area contributed by atoms with Gasteiger partial charge in [-0.05, 0) is 0 Å². The molecule has 1 amide bonds. The highest BCUT2D eigenvalue weighted by atomic mass is 32.2. The van der Waals surface area contributed by atoms with Crippen molar-refractivity contribution in [2.45, 2.75) is 11.8 Å². The van der Waals surface area contributed by atoms with Gasteiger partial charge in [0.25, 0.3) is 0 Å². The molecule has 0 aromatic heterocycles. The summed E-state index contributed by atoms with van der Waals surface area (Å²) in [4.78, 5) is 12.4. The van der Waals surface area contributed by atoms with Crippen LogP contribution in [0.25, 0.3) is 0 Å². The highest BCUT2D eigenvalue weighted by Gasteiger charge is 2.40. The van der Waals surface area contributed by atoms with Crippen LogP contribution in [0.1, 0.15) is 6.42 Å². The number of β-lactam (4-membered cyclic amide) rings is 1. The number of fused-ring (bicyclic) bond motifs is 1. The van der Waals surface area contributed by atoms with Crippen molar-refractivity contribution < 1.29 is 4.79 Å². The Kier molecular flexibility index (Phi) is 0.804. The van der Waals surface area contributed by atoms with Gasteiger partial charge in [-0.25, -0.2) is 4.72 Å². The zero-order chi connectivity index (χ0) is 5.56. The van der Waals surface area contributed by atoms with Crippen LogP contribution in [-0.4, -0.2) is 22.8 Å². The molecular formula is C4H6N2OS. The number of amides is 1. The Hall–Kier alpha value is -0.220. The lowest BCUT2D eigenvalue weighted by Gasteiger charge is -2.31. The molecule has 3 nitrogen and oxygen atoms in total. The highest BCUT2D eigenvalue weighted by molar-refractivity contribution is 7.98. The van der Waals surface area contributed by atoms with E-state index in [-0.39, 0.29) is 5.91 Å². The molecule has 2 fully saturated rings. The molecule has 0 spiro atoms. The maximum atomic E-state index is 10.6. The summed E-state index contributed by atoms with van der Waals surface area (Å²) in [6, 6.07) is 0. The van der Waals surface area contributed by atoms with E-state index < -0.39 is 0 Å². The molecule has 0 aliphatic carbocycles. The molecule has 2 rings (SSSR count). The third kappa shape index (κ3) is 0.418. The van der Waals surface area contributed by atoms with Crippen LogP contribution in [0.2, 0.25) is 0 Å². The lowest BCUT2D eigenvalue weighted by atomic mass is 10.2. The predicted molar refractivity (Wildman–Crippen MR) is 30.8 cm³/mol. The van der Waals surface area contributed by atoms with E-state index in [2.05, 4.69) is 4.72 Å². The van der Waals surface area contributed by atoms with Crippen LogP contribution in [0.4, 0.5) is 0 Å². The summed E-state index contributed by atoms with van der Waals surface area (Å²) in [5, 5.41) is 0.461. The summed E-state index contributed by atoms with van der Waals surface area (Å²) in [6.45, 7) is 0.744. The predicted octanol–water partition coefficient (Wildman–Crippen LogP) is -0.246. The van der Waals surface area contributed by atoms with Gasteiger partial charge in [0.1, 0.15) is 5.37 Å². The molecule has 2 aliphatic heterocycles. The third-order valence-electron chi connectivity index (χ3n) is 1.47. The first-order valence-corrected chi connectivity index (χ1v) is 3.44. The van der Waals surface area contributed by atoms with Crippen molar-refractivity contribution in [1.29, 1.82) is 0 Å². The quantitative estimate of drug-likeness (QED) is 0.362. The SMILES string of the molecule is O=C1C[C@H]2SNCN12. The van der Waals surface area contributed by atoms with E-state index in [1.165, 1.54) is 0 Å². The Morgan fingerprint density at radius 1 is 1.88 bits per heavy atom. The molecule has 2 aliphatic rings. The molecular weight excluding hydrogens is 124 g/mol. The van der Waals surface area contributed by atoms with Crippen molar-refractivity contribution in [2.75, 3.05) is 6.67 Å². The standard InChI is InChI=1S/C4H6N2OS/c7-3-1-4-6(3)2-5-8-4/h4-5H,1-2H2/t4-/m1/s1. The van der Waals surface area contributed by atoms with Gasteiger partial charge < -0.3 is 4.90 Å². The van der Waals surface area contributed by atoms with Crippen molar-refractivity contribution in [1.82, 2.24) is 9.62 Å². The van der Waals surface area contributed by atoms with E-state index in [4.69, 9.17) is 0 Å². The number of rotatable bonds is 0. The number of hydrogen-bond acceptors (Lipinski definition) is 3. The summed E-state index contributed by atoms with van der Waals surface area (Å²) >= 11 is 1.65. The van der Waals surface area contributed by atoms with E-state index in [0.717, 1.165) is 13.1 Å². The number of hydrogen-bond donors (Lipinski definition) is 1. The largest absolute Gasteiger partial charge is 0.315 e. The molecule has 1 N–H and O–H groups in total. The molecule has 0 aromatic rings. The summed E-state index contributed by atoms with van der Waals surface area (Å²) in [6.07, 6.45) is 0.734. The maximum Gasteiger partial charge on any atom is 0.227 e. The third-order valence-corrected chi connectivity index (χ3v) is 2.46. The van der Waals surface area contributed by atoms with Gasteiger partial charge in [0.2, 0.25) is 5.91 Å². The molecule has 4 heteroatoms. The minimum absolute atomic E-state index is 0.285. The highest BCUT2D eigenvalue weighted by Crippen LogP contribution is 2.31. The first-order chi connectivity index (χ1) is 3.88. The van der Waals surface area contributed by atoms with E-state index in [1.54, 1.807) is 11.9 Å². The monoisotopic (exact) mass is 130 g/mol. The lowest BCUT2D eigenvalue weighted by molar-refractivity contribution is -0.140. The van der Waals surface area contributed by atoms with Gasteiger partial charge in [-0.3, -0.25) is 4.79 Å². The normalized spacial score (nSPS) is 34.8. The topological polar surface area (TPSA) is 32.3 Å². The van der Waals surface area contributed by atoms with Crippen LogP contribution >= 0.6 is 11.9 Å². The van der Waals surface area contributed by atoms with E-state index >= 15 is 0 Å². The Bertz CT molecular complexity index is 138. The van der Waals surface area contributed by atoms with Gasteiger partial charge in [-0.2, -0.15) is 0 Å². The molecule has 1 atom stereocenters. The van der Waals surface area contributed by atoms with Crippen molar-refractivity contribution in [3.63, 3.8) is 0 Å². The van der Waals surface area contributed by atoms with Crippen LogP contribution in [-0.2, 0) is 4.79 Å². The Morgan fingerprint density at radius 2 is 2.75 bits per heavy atom. The van der Waals surface area contributed by atoms with E-state index in [9.17, 15) is 4.79 Å². The Balaban J connectivity index is 2.11. The van der Waals surface area contributed by atoms with Gasteiger partial charge in [-0.1, -0.05) is 11.9 Å². The zero-order valence-corrected chi connectivity index (χ0v) is 5.07. The molecule has 2 saturated heterocycles. The fourth-order valence-corrected chi connectivity index (χ4v) is 1.87. The van der Waals surface area contributed by atoms with Crippen LogP contribution in [0.3, 0.4) is 0 Å². The van der Waals surface area contributed by atoms with E-state index in [1.807, 2.05) is 4.90 Å². The summed E-state index contributed by atoms with van der Waals surface area (Å²) in [5.41, 5.74) is 0. The second kappa shape index (κ2) is 1.39. The number of carbonyl (C=O) groups is 1. The first kappa shape index (κ1) is 4.64. The van der Waals surface area contributed by atoms with Crippen molar-refractivity contribution in [2.24, 2.45) is 0 Å². The number of carbonyl (C=O) groups excluding carboxylic acids is 1. The second-order valence-electron chi connectivity index (χ2n) is 1.94. The number of nitrogens with one attached hydrogen (secondary N) is 1. The molecule has 2 heterocycles. The zero-order valence-electron chi connectivity index (χ0n) is 4.26. The van der Waals surface area contributed by atoms with Crippen LogP contribution in [0.5, 0.6) is 0 Å². The minimum atomic E-state index is 0.285. The average Bonchev–Trinajstić information content (AvgIpc) is 2.09. The molecule has 44 valence electrons. The summed E-state index contributed by atoms with van der Waals surface area (Å²) in [5.74, 6) is 0.285. The Labute approximate surface area is 51.6 Å². The van der Waals surface area contributed by atoms with Gasteiger partial charge in [0.15, 0.2) is 0 Å². The molecule has 0 radical (unpaired) electrons. The molecule has 0 bridgehead atoms. The minimum Gasteiger partial charge on any atom is -0.315 e. The smallest absolute Gasteiger partial charge is 0.227 e.